The summed E-state index contributed by atoms with van der Waals surface area (Å²) in [6, 6.07) is 0.153. The van der Waals surface area contributed by atoms with Gasteiger partial charge in [0.1, 0.15) is 0 Å². The van der Waals surface area contributed by atoms with Gasteiger partial charge in [-0.3, -0.25) is 9.69 Å². The molecule has 0 saturated carbocycles. The third-order valence-corrected chi connectivity index (χ3v) is 3.25. The highest BCUT2D eigenvalue weighted by Gasteiger charge is 2.41. The van der Waals surface area contributed by atoms with Gasteiger partial charge < -0.3 is 4.90 Å². The number of carbonyl (C=O) groups excluding carboxylic acids is 1. The molecular weight excluding hydrogens is 202 g/mol. The fourth-order valence-electron chi connectivity index (χ4n) is 2.25. The number of carbonyl (C=O) groups is 1. The molecule has 2 heterocycles. The van der Waals surface area contributed by atoms with E-state index in [4.69, 9.17) is 0 Å². The zero-order chi connectivity index (χ0) is 11.1. The Bertz CT molecular complexity index is 264. The van der Waals surface area contributed by atoms with Crippen LogP contribution >= 0.6 is 0 Å². The summed E-state index contributed by atoms with van der Waals surface area (Å²) < 4.78 is 26.2. The fraction of sp³-hybridized carbons (Fsp3) is 0.900. The number of amides is 1. The summed E-state index contributed by atoms with van der Waals surface area (Å²) in [5.41, 5.74) is 0. The Kier molecular flexibility index (Phi) is 2.66. The number of hydrogen-bond donors (Lipinski definition) is 0. The van der Waals surface area contributed by atoms with Crippen molar-refractivity contribution in [2.75, 3.05) is 26.2 Å². The van der Waals surface area contributed by atoms with E-state index in [1.807, 2.05) is 4.90 Å². The molecule has 0 aromatic carbocycles. The third-order valence-electron chi connectivity index (χ3n) is 3.25. The van der Waals surface area contributed by atoms with Crippen LogP contribution in [-0.4, -0.2) is 53.9 Å². The van der Waals surface area contributed by atoms with Crippen LogP contribution in [0.2, 0.25) is 0 Å². The van der Waals surface area contributed by atoms with Crippen molar-refractivity contribution in [1.82, 2.24) is 9.80 Å². The number of halogens is 2. The minimum Gasteiger partial charge on any atom is -0.340 e. The van der Waals surface area contributed by atoms with E-state index in [2.05, 4.69) is 0 Å². The van der Waals surface area contributed by atoms with E-state index in [1.165, 1.54) is 6.92 Å². The molecule has 2 aliphatic heterocycles. The summed E-state index contributed by atoms with van der Waals surface area (Å²) in [6.07, 6.45) is 0.566. The SMILES string of the molecule is CC(=O)N1CC(N2CCCC(F)(F)C2)C1. The molecular formula is C10H16F2N2O. The minimum atomic E-state index is -2.53. The summed E-state index contributed by atoms with van der Waals surface area (Å²) >= 11 is 0. The number of rotatable bonds is 1. The molecule has 2 aliphatic rings. The maximum Gasteiger partial charge on any atom is 0.260 e. The highest BCUT2D eigenvalue weighted by molar-refractivity contribution is 5.74. The van der Waals surface area contributed by atoms with Crippen LogP contribution < -0.4 is 0 Å². The molecule has 0 unspecified atom stereocenters. The zero-order valence-corrected chi connectivity index (χ0v) is 8.88. The van der Waals surface area contributed by atoms with Crippen molar-refractivity contribution in [1.29, 1.82) is 0 Å². The van der Waals surface area contributed by atoms with Crippen LogP contribution in [-0.2, 0) is 4.79 Å². The summed E-state index contributed by atoms with van der Waals surface area (Å²) in [5, 5.41) is 0. The molecule has 0 aromatic rings. The topological polar surface area (TPSA) is 23.6 Å². The van der Waals surface area contributed by atoms with Gasteiger partial charge in [0.2, 0.25) is 5.91 Å². The normalized spacial score (nSPS) is 27.5. The molecule has 0 aliphatic carbocycles. The number of alkyl halides is 2. The first-order chi connectivity index (χ1) is 6.98. The van der Waals surface area contributed by atoms with Crippen molar-refractivity contribution >= 4 is 5.91 Å². The Hall–Kier alpha value is -0.710. The summed E-state index contributed by atoms with van der Waals surface area (Å²) in [5.74, 6) is -2.50. The highest BCUT2D eigenvalue weighted by Crippen LogP contribution is 2.29. The lowest BCUT2D eigenvalue weighted by atomic mass is 10.0. The van der Waals surface area contributed by atoms with Gasteiger partial charge in [-0.1, -0.05) is 0 Å². The third kappa shape index (κ3) is 2.27. The zero-order valence-electron chi connectivity index (χ0n) is 8.88. The monoisotopic (exact) mass is 218 g/mol. The average Bonchev–Trinajstić information content (AvgIpc) is 1.97. The largest absolute Gasteiger partial charge is 0.340 e. The van der Waals surface area contributed by atoms with Crippen molar-refractivity contribution < 1.29 is 13.6 Å². The summed E-state index contributed by atoms with van der Waals surface area (Å²) in [7, 11) is 0. The first kappa shape index (κ1) is 10.8. The average molecular weight is 218 g/mol. The number of nitrogens with zero attached hydrogens (tertiary/aromatic N) is 2. The van der Waals surface area contributed by atoms with Crippen molar-refractivity contribution in [3.8, 4) is 0 Å². The van der Waals surface area contributed by atoms with Crippen LogP contribution in [0.25, 0.3) is 0 Å². The predicted octanol–water partition coefficient (Wildman–Crippen LogP) is 0.948. The maximum atomic E-state index is 13.1. The molecule has 1 amide bonds. The van der Waals surface area contributed by atoms with Crippen LogP contribution in [0.4, 0.5) is 8.78 Å². The smallest absolute Gasteiger partial charge is 0.260 e. The first-order valence-electron chi connectivity index (χ1n) is 5.35. The Morgan fingerprint density at radius 3 is 2.60 bits per heavy atom. The predicted molar refractivity (Wildman–Crippen MR) is 51.8 cm³/mol. The van der Waals surface area contributed by atoms with E-state index in [-0.39, 0.29) is 24.9 Å². The van der Waals surface area contributed by atoms with Gasteiger partial charge in [0.05, 0.1) is 6.54 Å². The van der Waals surface area contributed by atoms with Crippen LogP contribution in [0.15, 0.2) is 0 Å². The molecule has 0 atom stereocenters. The molecule has 86 valence electrons. The number of piperidine rings is 1. The quantitative estimate of drug-likeness (QED) is 0.654. The Labute approximate surface area is 88.0 Å². The van der Waals surface area contributed by atoms with Crippen molar-refractivity contribution in [2.45, 2.75) is 31.7 Å². The van der Waals surface area contributed by atoms with Crippen LogP contribution in [0.3, 0.4) is 0 Å². The molecule has 0 spiro atoms. The molecule has 3 nitrogen and oxygen atoms in total. The lowest BCUT2D eigenvalue weighted by Crippen LogP contribution is -2.63. The van der Waals surface area contributed by atoms with Gasteiger partial charge in [0.25, 0.3) is 5.92 Å². The summed E-state index contributed by atoms with van der Waals surface area (Å²) in [4.78, 5) is 14.5. The molecule has 2 saturated heterocycles. The van der Waals surface area contributed by atoms with E-state index >= 15 is 0 Å². The molecule has 0 N–H and O–H groups in total. The lowest BCUT2D eigenvalue weighted by molar-refractivity contribution is -0.140. The molecule has 15 heavy (non-hydrogen) atoms. The van der Waals surface area contributed by atoms with Gasteiger partial charge in [-0.2, -0.15) is 0 Å². The second-order valence-electron chi connectivity index (χ2n) is 4.51. The van der Waals surface area contributed by atoms with E-state index in [0.29, 0.717) is 19.5 Å². The number of likely N-dealkylation sites (tertiary alicyclic amines) is 2. The van der Waals surface area contributed by atoms with Gasteiger partial charge >= 0.3 is 0 Å². The second-order valence-corrected chi connectivity index (χ2v) is 4.51. The van der Waals surface area contributed by atoms with E-state index in [0.717, 1.165) is 6.54 Å². The Balaban J connectivity index is 1.84. The molecule has 0 bridgehead atoms. The van der Waals surface area contributed by atoms with Gasteiger partial charge in [-0.05, 0) is 13.0 Å². The molecule has 2 rings (SSSR count). The Morgan fingerprint density at radius 2 is 2.07 bits per heavy atom. The highest BCUT2D eigenvalue weighted by atomic mass is 19.3. The van der Waals surface area contributed by atoms with Crippen molar-refractivity contribution in [2.24, 2.45) is 0 Å². The fourth-order valence-corrected chi connectivity index (χ4v) is 2.25. The van der Waals surface area contributed by atoms with E-state index in [9.17, 15) is 13.6 Å². The lowest BCUT2D eigenvalue weighted by Gasteiger charge is -2.47. The number of hydrogen-bond acceptors (Lipinski definition) is 2. The van der Waals surface area contributed by atoms with Crippen LogP contribution in [0.5, 0.6) is 0 Å². The van der Waals surface area contributed by atoms with Crippen molar-refractivity contribution in [3.05, 3.63) is 0 Å². The van der Waals surface area contributed by atoms with E-state index < -0.39 is 5.92 Å². The van der Waals surface area contributed by atoms with Crippen molar-refractivity contribution in [3.63, 3.8) is 0 Å². The summed E-state index contributed by atoms with van der Waals surface area (Å²) in [6.45, 7) is 3.35. The molecule has 2 fully saturated rings. The Morgan fingerprint density at radius 1 is 1.40 bits per heavy atom. The van der Waals surface area contributed by atoms with Gasteiger partial charge in [0, 0.05) is 32.5 Å². The van der Waals surface area contributed by atoms with Gasteiger partial charge in [-0.25, -0.2) is 8.78 Å². The van der Waals surface area contributed by atoms with Gasteiger partial charge in [-0.15, -0.1) is 0 Å². The maximum absolute atomic E-state index is 13.1. The van der Waals surface area contributed by atoms with Gasteiger partial charge in [0.15, 0.2) is 0 Å². The molecule has 0 aromatic heterocycles. The first-order valence-corrected chi connectivity index (χ1v) is 5.35. The minimum absolute atomic E-state index is 0.00659. The molecule has 5 heteroatoms. The van der Waals surface area contributed by atoms with Crippen LogP contribution in [0, 0.1) is 0 Å². The molecule has 0 radical (unpaired) electrons. The van der Waals surface area contributed by atoms with E-state index in [1.54, 1.807) is 4.90 Å². The standard InChI is InChI=1S/C10H16F2N2O/c1-8(15)14-5-9(6-14)13-4-2-3-10(11,12)7-13/h9H,2-7H2,1H3. The van der Waals surface area contributed by atoms with Crippen LogP contribution in [0.1, 0.15) is 19.8 Å². The second kappa shape index (κ2) is 3.70.